The highest BCUT2D eigenvalue weighted by atomic mass is 35.5. The Morgan fingerprint density at radius 2 is 1.89 bits per heavy atom. The van der Waals surface area contributed by atoms with E-state index in [-0.39, 0.29) is 0 Å². The van der Waals surface area contributed by atoms with E-state index in [2.05, 4.69) is 23.5 Å². The van der Waals surface area contributed by atoms with Gasteiger partial charge in [0.2, 0.25) is 0 Å². The summed E-state index contributed by atoms with van der Waals surface area (Å²) in [6.45, 7) is 1.06. The van der Waals surface area contributed by atoms with Crippen LogP contribution in [0.1, 0.15) is 12.0 Å². The number of nitrogens with one attached hydrogen (secondary N) is 1. The molecule has 0 saturated heterocycles. The van der Waals surface area contributed by atoms with Crippen LogP contribution >= 0.6 is 23.2 Å². The molecule has 3 heteroatoms. The van der Waals surface area contributed by atoms with Crippen molar-refractivity contribution in [3.63, 3.8) is 0 Å². The minimum Gasteiger partial charge on any atom is -0.385 e. The van der Waals surface area contributed by atoms with Crippen LogP contribution in [0.3, 0.4) is 0 Å². The summed E-state index contributed by atoms with van der Waals surface area (Å²) in [5.74, 6) is 0. The summed E-state index contributed by atoms with van der Waals surface area (Å²) in [7, 11) is 0. The van der Waals surface area contributed by atoms with Crippen molar-refractivity contribution >= 4 is 28.9 Å². The number of benzene rings is 2. The Morgan fingerprint density at radius 1 is 1.00 bits per heavy atom. The fraction of sp³-hybridized carbons (Fsp3) is 0.200. The molecule has 0 unspecified atom stereocenters. The molecule has 0 atom stereocenters. The van der Waals surface area contributed by atoms with Gasteiger partial charge in [0.25, 0.3) is 0 Å². The van der Waals surface area contributed by atoms with Gasteiger partial charge in [0.05, 0.1) is 0 Å². The standard InChI is InChI=1S/C15H13Cl2N/c16-12-4-5-13(14(17)9-12)10-3-6-15-11(8-10)2-1-7-18-15/h3-6,8-9,18H,1-2,7H2. The van der Waals surface area contributed by atoms with Crippen molar-refractivity contribution < 1.29 is 0 Å². The van der Waals surface area contributed by atoms with Crippen LogP contribution in [0.5, 0.6) is 0 Å². The second kappa shape index (κ2) is 4.83. The van der Waals surface area contributed by atoms with Crippen LogP contribution in [0.4, 0.5) is 5.69 Å². The Bertz CT molecular complexity index is 593. The molecule has 0 aromatic heterocycles. The van der Waals surface area contributed by atoms with E-state index in [1.54, 1.807) is 6.07 Å². The molecule has 0 aliphatic carbocycles. The number of halogens is 2. The largest absolute Gasteiger partial charge is 0.385 e. The maximum absolute atomic E-state index is 6.25. The molecule has 1 aliphatic rings. The highest BCUT2D eigenvalue weighted by Gasteiger charge is 2.11. The minimum absolute atomic E-state index is 0.670. The molecule has 0 fully saturated rings. The third-order valence-electron chi connectivity index (χ3n) is 3.29. The zero-order valence-electron chi connectivity index (χ0n) is 9.84. The van der Waals surface area contributed by atoms with Gasteiger partial charge in [-0.15, -0.1) is 0 Å². The zero-order valence-corrected chi connectivity index (χ0v) is 11.4. The van der Waals surface area contributed by atoms with Gasteiger partial charge in [-0.25, -0.2) is 0 Å². The highest BCUT2D eigenvalue weighted by Crippen LogP contribution is 2.33. The first kappa shape index (κ1) is 11.9. The molecular weight excluding hydrogens is 265 g/mol. The van der Waals surface area contributed by atoms with Gasteiger partial charge in [0, 0.05) is 27.8 Å². The van der Waals surface area contributed by atoms with E-state index in [0.29, 0.717) is 10.0 Å². The monoisotopic (exact) mass is 277 g/mol. The Labute approximate surface area is 117 Å². The maximum atomic E-state index is 6.25. The van der Waals surface area contributed by atoms with Gasteiger partial charge in [0.15, 0.2) is 0 Å². The minimum atomic E-state index is 0.670. The topological polar surface area (TPSA) is 12.0 Å². The van der Waals surface area contributed by atoms with Crippen LogP contribution in [-0.2, 0) is 6.42 Å². The second-order valence-corrected chi connectivity index (χ2v) is 5.37. The van der Waals surface area contributed by atoms with Crippen LogP contribution in [0.15, 0.2) is 36.4 Å². The van der Waals surface area contributed by atoms with Crippen LogP contribution in [-0.4, -0.2) is 6.54 Å². The van der Waals surface area contributed by atoms with E-state index in [1.807, 2.05) is 12.1 Å². The van der Waals surface area contributed by atoms with Crippen LogP contribution in [0.25, 0.3) is 11.1 Å². The molecule has 1 N–H and O–H groups in total. The molecular formula is C15H13Cl2N. The van der Waals surface area contributed by atoms with Gasteiger partial charge in [-0.3, -0.25) is 0 Å². The fourth-order valence-corrected chi connectivity index (χ4v) is 2.88. The quantitative estimate of drug-likeness (QED) is 0.772. The third-order valence-corrected chi connectivity index (χ3v) is 3.83. The lowest BCUT2D eigenvalue weighted by Gasteiger charge is -2.19. The van der Waals surface area contributed by atoms with Crippen LogP contribution in [0.2, 0.25) is 10.0 Å². The zero-order chi connectivity index (χ0) is 12.5. The van der Waals surface area contributed by atoms with E-state index in [9.17, 15) is 0 Å². The number of hydrogen-bond acceptors (Lipinski definition) is 1. The maximum Gasteiger partial charge on any atom is 0.0499 e. The predicted octanol–water partition coefficient (Wildman–Crippen LogP) is 5.02. The molecule has 0 spiro atoms. The molecule has 0 bridgehead atoms. The second-order valence-electron chi connectivity index (χ2n) is 4.53. The van der Waals surface area contributed by atoms with E-state index in [1.165, 1.54) is 17.7 Å². The van der Waals surface area contributed by atoms with Crippen molar-refractivity contribution in [2.75, 3.05) is 11.9 Å². The summed E-state index contributed by atoms with van der Waals surface area (Å²) in [5.41, 5.74) is 4.80. The van der Waals surface area contributed by atoms with Crippen molar-refractivity contribution in [1.29, 1.82) is 0 Å². The summed E-state index contributed by atoms with van der Waals surface area (Å²) in [6, 6.07) is 12.1. The summed E-state index contributed by atoms with van der Waals surface area (Å²) < 4.78 is 0. The van der Waals surface area contributed by atoms with Crippen molar-refractivity contribution in [3.05, 3.63) is 52.0 Å². The predicted molar refractivity (Wildman–Crippen MR) is 78.7 cm³/mol. The van der Waals surface area contributed by atoms with Gasteiger partial charge in [0.1, 0.15) is 0 Å². The Morgan fingerprint density at radius 3 is 2.72 bits per heavy atom. The van der Waals surface area contributed by atoms with Gasteiger partial charge in [-0.1, -0.05) is 35.3 Å². The number of aryl methyl sites for hydroxylation is 1. The highest BCUT2D eigenvalue weighted by molar-refractivity contribution is 6.36. The first-order chi connectivity index (χ1) is 8.74. The average molecular weight is 278 g/mol. The summed E-state index contributed by atoms with van der Waals surface area (Å²) in [6.07, 6.45) is 2.31. The van der Waals surface area contributed by atoms with Crippen molar-refractivity contribution in [2.24, 2.45) is 0 Å². The summed E-state index contributed by atoms with van der Waals surface area (Å²) >= 11 is 12.2. The molecule has 92 valence electrons. The molecule has 0 saturated carbocycles. The van der Waals surface area contributed by atoms with E-state index < -0.39 is 0 Å². The van der Waals surface area contributed by atoms with E-state index in [0.717, 1.165) is 24.1 Å². The Kier molecular flexibility index (Phi) is 3.19. The SMILES string of the molecule is Clc1ccc(-c2ccc3c(c2)CCCN3)c(Cl)c1. The third kappa shape index (κ3) is 2.21. The molecule has 0 amide bonds. The van der Waals surface area contributed by atoms with Crippen molar-refractivity contribution in [1.82, 2.24) is 0 Å². The molecule has 18 heavy (non-hydrogen) atoms. The van der Waals surface area contributed by atoms with E-state index in [4.69, 9.17) is 23.2 Å². The summed E-state index contributed by atoms with van der Waals surface area (Å²) in [5, 5.41) is 4.78. The van der Waals surface area contributed by atoms with Crippen molar-refractivity contribution in [2.45, 2.75) is 12.8 Å². The number of rotatable bonds is 1. The van der Waals surface area contributed by atoms with E-state index >= 15 is 0 Å². The normalized spacial score (nSPS) is 13.9. The molecule has 1 heterocycles. The molecule has 2 aromatic rings. The smallest absolute Gasteiger partial charge is 0.0499 e. The van der Waals surface area contributed by atoms with Crippen LogP contribution in [0, 0.1) is 0 Å². The van der Waals surface area contributed by atoms with Crippen molar-refractivity contribution in [3.8, 4) is 11.1 Å². The number of anilines is 1. The van der Waals surface area contributed by atoms with Gasteiger partial charge < -0.3 is 5.32 Å². The lowest BCUT2D eigenvalue weighted by molar-refractivity contribution is 0.830. The average Bonchev–Trinajstić information content (AvgIpc) is 2.38. The molecule has 3 rings (SSSR count). The number of fused-ring (bicyclic) bond motifs is 1. The Balaban J connectivity index is 2.06. The molecule has 1 nitrogen and oxygen atoms in total. The molecule has 1 aliphatic heterocycles. The van der Waals surface area contributed by atoms with Gasteiger partial charge in [-0.2, -0.15) is 0 Å². The number of hydrogen-bond donors (Lipinski definition) is 1. The Hall–Kier alpha value is -1.18. The van der Waals surface area contributed by atoms with Gasteiger partial charge >= 0.3 is 0 Å². The lowest BCUT2D eigenvalue weighted by atomic mass is 9.97. The lowest BCUT2D eigenvalue weighted by Crippen LogP contribution is -2.11. The van der Waals surface area contributed by atoms with Crippen LogP contribution < -0.4 is 5.32 Å². The molecule has 2 aromatic carbocycles. The molecule has 0 radical (unpaired) electrons. The first-order valence-corrected chi connectivity index (χ1v) is 6.82. The fourth-order valence-electron chi connectivity index (χ4n) is 2.37. The first-order valence-electron chi connectivity index (χ1n) is 6.06. The summed E-state index contributed by atoms with van der Waals surface area (Å²) in [4.78, 5) is 0. The van der Waals surface area contributed by atoms with Gasteiger partial charge in [-0.05, 0) is 48.2 Å².